The maximum atomic E-state index is 11.6. The summed E-state index contributed by atoms with van der Waals surface area (Å²) >= 11 is 0. The Labute approximate surface area is 81.8 Å². The second-order valence-corrected chi connectivity index (χ2v) is 3.10. The van der Waals surface area contributed by atoms with Gasteiger partial charge in [0.25, 0.3) is 5.56 Å². The van der Waals surface area contributed by atoms with Gasteiger partial charge in [0.2, 0.25) is 0 Å². The molecule has 4 nitrogen and oxygen atoms in total. The Balaban J connectivity index is 3.01. The second-order valence-electron chi connectivity index (χ2n) is 3.10. The van der Waals surface area contributed by atoms with E-state index in [9.17, 15) is 9.59 Å². The fourth-order valence-electron chi connectivity index (χ4n) is 1.30. The van der Waals surface area contributed by atoms with Crippen molar-refractivity contribution >= 4 is 5.97 Å². The Bertz CT molecular complexity index is 381. The highest BCUT2D eigenvalue weighted by Crippen LogP contribution is 1.94. The normalized spacial score (nSPS) is 10.1. The molecule has 76 valence electrons. The summed E-state index contributed by atoms with van der Waals surface area (Å²) in [5, 5.41) is 8.56. The Kier molecular flexibility index (Phi) is 3.45. The largest absolute Gasteiger partial charge is 0.481 e. The predicted molar refractivity (Wildman–Crippen MR) is 52.3 cm³/mol. The number of aromatic nitrogens is 1. The molecule has 0 fully saturated rings. The SMILES string of the molecule is CCCn1cccc(CC(=O)O)c1=O. The first-order chi connectivity index (χ1) is 6.65. The molecule has 4 heteroatoms. The minimum absolute atomic E-state index is 0.197. The van der Waals surface area contributed by atoms with Gasteiger partial charge in [-0.1, -0.05) is 13.0 Å². The molecule has 0 spiro atoms. The van der Waals surface area contributed by atoms with Crippen LogP contribution in [0.2, 0.25) is 0 Å². The molecule has 0 aliphatic rings. The van der Waals surface area contributed by atoms with Crippen molar-refractivity contribution in [2.24, 2.45) is 0 Å². The highest BCUT2D eigenvalue weighted by atomic mass is 16.4. The summed E-state index contributed by atoms with van der Waals surface area (Å²) in [6.45, 7) is 2.60. The third-order valence-electron chi connectivity index (χ3n) is 1.91. The summed E-state index contributed by atoms with van der Waals surface area (Å²) in [6.07, 6.45) is 2.33. The number of nitrogens with zero attached hydrogens (tertiary/aromatic N) is 1. The third-order valence-corrected chi connectivity index (χ3v) is 1.91. The Morgan fingerprint density at radius 1 is 1.57 bits per heavy atom. The molecule has 0 aliphatic heterocycles. The predicted octanol–water partition coefficient (Wildman–Crippen LogP) is 0.885. The topological polar surface area (TPSA) is 59.3 Å². The Morgan fingerprint density at radius 2 is 2.29 bits per heavy atom. The van der Waals surface area contributed by atoms with Crippen molar-refractivity contribution in [3.63, 3.8) is 0 Å². The molecule has 0 saturated heterocycles. The molecule has 0 amide bonds. The van der Waals surface area contributed by atoms with Crippen LogP contribution in [0.4, 0.5) is 0 Å². The average Bonchev–Trinajstić information content (AvgIpc) is 2.11. The number of aliphatic carboxylic acids is 1. The van der Waals surface area contributed by atoms with Gasteiger partial charge in [-0.3, -0.25) is 9.59 Å². The summed E-state index contributed by atoms with van der Waals surface area (Å²) in [5.41, 5.74) is 0.144. The van der Waals surface area contributed by atoms with Gasteiger partial charge in [-0.25, -0.2) is 0 Å². The maximum absolute atomic E-state index is 11.6. The molecule has 1 heterocycles. The lowest BCUT2D eigenvalue weighted by molar-refractivity contribution is -0.136. The van der Waals surface area contributed by atoms with E-state index in [0.717, 1.165) is 6.42 Å². The van der Waals surface area contributed by atoms with Crippen LogP contribution in [0.1, 0.15) is 18.9 Å². The molecule has 14 heavy (non-hydrogen) atoms. The van der Waals surface area contributed by atoms with Gasteiger partial charge in [0.15, 0.2) is 0 Å². The van der Waals surface area contributed by atoms with E-state index in [1.165, 1.54) is 4.57 Å². The monoisotopic (exact) mass is 195 g/mol. The van der Waals surface area contributed by atoms with Crippen molar-refractivity contribution in [2.45, 2.75) is 26.3 Å². The lowest BCUT2D eigenvalue weighted by atomic mass is 10.2. The van der Waals surface area contributed by atoms with E-state index >= 15 is 0 Å². The van der Waals surface area contributed by atoms with E-state index in [-0.39, 0.29) is 12.0 Å². The molecule has 0 saturated carbocycles. The van der Waals surface area contributed by atoms with Crippen LogP contribution in [-0.4, -0.2) is 15.6 Å². The average molecular weight is 195 g/mol. The fraction of sp³-hybridized carbons (Fsp3) is 0.400. The number of carboxylic acid groups (broad SMARTS) is 1. The van der Waals surface area contributed by atoms with Crippen molar-refractivity contribution in [1.29, 1.82) is 0 Å². The molecule has 1 aromatic rings. The van der Waals surface area contributed by atoms with Crippen molar-refractivity contribution in [3.8, 4) is 0 Å². The molecule has 0 bridgehead atoms. The van der Waals surface area contributed by atoms with Crippen LogP contribution in [0.5, 0.6) is 0 Å². The standard InChI is InChI=1S/C10H13NO3/c1-2-5-11-6-3-4-8(10(11)14)7-9(12)13/h3-4,6H,2,5,7H2,1H3,(H,12,13). The fourth-order valence-corrected chi connectivity index (χ4v) is 1.30. The molecule has 1 N–H and O–H groups in total. The van der Waals surface area contributed by atoms with Crippen LogP contribution in [0, 0.1) is 0 Å². The zero-order valence-electron chi connectivity index (χ0n) is 8.06. The first-order valence-corrected chi connectivity index (χ1v) is 4.55. The highest BCUT2D eigenvalue weighted by molar-refractivity contribution is 5.69. The molecule has 1 aromatic heterocycles. The van der Waals surface area contributed by atoms with Crippen LogP contribution in [-0.2, 0) is 17.8 Å². The number of pyridine rings is 1. The van der Waals surface area contributed by atoms with E-state index in [0.29, 0.717) is 12.1 Å². The van der Waals surface area contributed by atoms with Crippen LogP contribution < -0.4 is 5.56 Å². The van der Waals surface area contributed by atoms with Gasteiger partial charge in [0, 0.05) is 18.3 Å². The smallest absolute Gasteiger partial charge is 0.308 e. The summed E-state index contributed by atoms with van der Waals surface area (Å²) in [7, 11) is 0. The van der Waals surface area contributed by atoms with Gasteiger partial charge in [0.05, 0.1) is 6.42 Å². The van der Waals surface area contributed by atoms with E-state index in [1.54, 1.807) is 18.3 Å². The third kappa shape index (κ3) is 2.45. The van der Waals surface area contributed by atoms with Gasteiger partial charge in [-0.15, -0.1) is 0 Å². The maximum Gasteiger partial charge on any atom is 0.308 e. The Hall–Kier alpha value is -1.58. The van der Waals surface area contributed by atoms with E-state index in [4.69, 9.17) is 5.11 Å². The van der Waals surface area contributed by atoms with Crippen molar-refractivity contribution < 1.29 is 9.90 Å². The van der Waals surface area contributed by atoms with Crippen LogP contribution in [0.25, 0.3) is 0 Å². The minimum atomic E-state index is -0.976. The summed E-state index contributed by atoms with van der Waals surface area (Å²) in [6, 6.07) is 3.26. The summed E-state index contributed by atoms with van der Waals surface area (Å²) < 4.78 is 1.54. The second kappa shape index (κ2) is 4.60. The number of carbonyl (C=O) groups is 1. The summed E-state index contributed by atoms with van der Waals surface area (Å²) in [4.78, 5) is 22.0. The molecule has 0 aromatic carbocycles. The molecule has 1 rings (SSSR count). The van der Waals surface area contributed by atoms with Crippen LogP contribution in [0.15, 0.2) is 23.1 Å². The lowest BCUT2D eigenvalue weighted by Gasteiger charge is -2.04. The molecular weight excluding hydrogens is 182 g/mol. The molecule has 0 atom stereocenters. The minimum Gasteiger partial charge on any atom is -0.481 e. The first-order valence-electron chi connectivity index (χ1n) is 4.55. The summed E-state index contributed by atoms with van der Waals surface area (Å²) in [5.74, 6) is -0.976. The Morgan fingerprint density at radius 3 is 2.86 bits per heavy atom. The molecule has 0 radical (unpaired) electrons. The van der Waals surface area contributed by atoms with Crippen molar-refractivity contribution in [2.75, 3.05) is 0 Å². The van der Waals surface area contributed by atoms with Crippen LogP contribution in [0.3, 0.4) is 0 Å². The number of hydrogen-bond donors (Lipinski definition) is 1. The van der Waals surface area contributed by atoms with Gasteiger partial charge >= 0.3 is 5.97 Å². The zero-order chi connectivity index (χ0) is 10.6. The number of rotatable bonds is 4. The van der Waals surface area contributed by atoms with Crippen molar-refractivity contribution in [1.82, 2.24) is 4.57 Å². The van der Waals surface area contributed by atoms with E-state index in [2.05, 4.69) is 0 Å². The zero-order valence-corrected chi connectivity index (χ0v) is 8.06. The highest BCUT2D eigenvalue weighted by Gasteiger charge is 2.06. The van der Waals surface area contributed by atoms with E-state index < -0.39 is 5.97 Å². The molecule has 0 unspecified atom stereocenters. The lowest BCUT2D eigenvalue weighted by Crippen LogP contribution is -2.24. The van der Waals surface area contributed by atoms with Gasteiger partial charge in [-0.05, 0) is 12.5 Å². The van der Waals surface area contributed by atoms with Gasteiger partial charge in [-0.2, -0.15) is 0 Å². The molecule has 0 aliphatic carbocycles. The van der Waals surface area contributed by atoms with Gasteiger partial charge in [0.1, 0.15) is 0 Å². The number of hydrogen-bond acceptors (Lipinski definition) is 2. The van der Waals surface area contributed by atoms with Gasteiger partial charge < -0.3 is 9.67 Å². The number of carboxylic acids is 1. The molecular formula is C10H13NO3. The van der Waals surface area contributed by atoms with E-state index in [1.807, 2.05) is 6.92 Å². The number of aryl methyl sites for hydroxylation is 1. The van der Waals surface area contributed by atoms with Crippen molar-refractivity contribution in [3.05, 3.63) is 34.2 Å². The first kappa shape index (κ1) is 10.5. The quantitative estimate of drug-likeness (QED) is 0.776. The van der Waals surface area contributed by atoms with Crippen LogP contribution >= 0.6 is 0 Å².